The van der Waals surface area contributed by atoms with Crippen LogP contribution >= 0.6 is 11.8 Å². The number of azide groups is 1. The number of Topliss-reactive ketones (excluding diaryl/α,β-unsaturated/α-hetero) is 5. The third kappa shape index (κ3) is 21.9. The Kier molecular flexibility index (Phi) is 27.1. The molecule has 0 aromatic heterocycles. The Labute approximate surface area is 359 Å². The smallest absolute Gasteiger partial charge is 0.226 e. The summed E-state index contributed by atoms with van der Waals surface area (Å²) in [5.41, 5.74) is 14.0. The summed E-state index contributed by atoms with van der Waals surface area (Å²) in [7, 11) is 0. The highest BCUT2D eigenvalue weighted by atomic mass is 32.2. The van der Waals surface area contributed by atoms with E-state index in [1.165, 1.54) is 32.5 Å². The molecule has 17 nitrogen and oxygen atoms in total. The van der Waals surface area contributed by atoms with Crippen LogP contribution in [0.1, 0.15) is 127 Å². The molecule has 0 rings (SSSR count). The molecule has 0 aromatic carbocycles. The largest absolute Gasteiger partial charge is 0.393 e. The van der Waals surface area contributed by atoms with Crippen molar-refractivity contribution in [1.82, 2.24) is 16.0 Å². The zero-order valence-corrected chi connectivity index (χ0v) is 38.1. The molecule has 0 spiro atoms. The highest BCUT2D eigenvalue weighted by Crippen LogP contribution is 2.22. The van der Waals surface area contributed by atoms with Crippen molar-refractivity contribution in [3.05, 3.63) is 10.4 Å². The van der Waals surface area contributed by atoms with E-state index >= 15 is 0 Å². The highest BCUT2D eigenvalue weighted by Gasteiger charge is 2.36. The van der Waals surface area contributed by atoms with E-state index in [-0.39, 0.29) is 61.9 Å². The number of nitrogens with zero attached hydrogens (tertiary/aromatic N) is 3. The van der Waals surface area contributed by atoms with Gasteiger partial charge in [-0.05, 0) is 81.7 Å². The Hall–Kier alpha value is -4.15. The van der Waals surface area contributed by atoms with Gasteiger partial charge in [-0.2, -0.15) is 11.8 Å². The maximum atomic E-state index is 13.9. The number of rotatable bonds is 33. The first-order chi connectivity index (χ1) is 28.0. The van der Waals surface area contributed by atoms with E-state index in [9.17, 15) is 48.3 Å². The maximum absolute atomic E-state index is 13.9. The predicted octanol–water partition coefficient (Wildman–Crippen LogP) is 4.20. The molecule has 0 saturated carbocycles. The number of amides is 4. The topological polar surface area (TPSA) is 285 Å². The first kappa shape index (κ1) is 55.9. The molecule has 1 unspecified atom stereocenters. The van der Waals surface area contributed by atoms with Crippen molar-refractivity contribution in [3.8, 4) is 0 Å². The lowest BCUT2D eigenvalue weighted by Crippen LogP contribution is -2.51. The molecule has 0 aromatic rings. The van der Waals surface area contributed by atoms with Gasteiger partial charge in [-0.25, -0.2) is 0 Å². The molecular formula is C42H71N7O10S. The average molecular weight is 866 g/mol. The van der Waals surface area contributed by atoms with Crippen LogP contribution in [-0.4, -0.2) is 100 Å². The van der Waals surface area contributed by atoms with Crippen molar-refractivity contribution in [1.29, 1.82) is 0 Å². The molecule has 0 bridgehead atoms. The molecule has 0 aliphatic carbocycles. The Morgan fingerprint density at radius 2 is 1.20 bits per heavy atom. The van der Waals surface area contributed by atoms with Crippen molar-refractivity contribution in [2.45, 2.75) is 151 Å². The van der Waals surface area contributed by atoms with Crippen molar-refractivity contribution in [3.63, 3.8) is 0 Å². The van der Waals surface area contributed by atoms with Gasteiger partial charge >= 0.3 is 0 Å². The summed E-state index contributed by atoms with van der Waals surface area (Å²) in [6.45, 7) is 14.9. The average Bonchev–Trinajstić information content (AvgIpc) is 3.13. The highest BCUT2D eigenvalue weighted by molar-refractivity contribution is 7.98. The number of ketones is 5. The van der Waals surface area contributed by atoms with E-state index in [1.807, 2.05) is 20.1 Å². The van der Waals surface area contributed by atoms with Crippen LogP contribution in [0.4, 0.5) is 0 Å². The summed E-state index contributed by atoms with van der Waals surface area (Å²) in [6.07, 6.45) is 1.01. The summed E-state index contributed by atoms with van der Waals surface area (Å²) >= 11 is 1.45. The predicted molar refractivity (Wildman–Crippen MR) is 230 cm³/mol. The summed E-state index contributed by atoms with van der Waals surface area (Å²) in [6, 6.07) is -3.18. The lowest BCUT2D eigenvalue weighted by Gasteiger charge is -2.28. The monoisotopic (exact) mass is 865 g/mol. The minimum Gasteiger partial charge on any atom is -0.393 e. The van der Waals surface area contributed by atoms with Gasteiger partial charge in [0.2, 0.25) is 23.6 Å². The first-order valence-corrected chi connectivity index (χ1v) is 22.3. The van der Waals surface area contributed by atoms with Crippen LogP contribution in [0.15, 0.2) is 5.11 Å². The Morgan fingerprint density at radius 1 is 0.683 bits per heavy atom. The van der Waals surface area contributed by atoms with E-state index < -0.39 is 108 Å². The Bertz CT molecular complexity index is 1530. The van der Waals surface area contributed by atoms with Gasteiger partial charge < -0.3 is 31.6 Å². The minimum atomic E-state index is -1.28. The zero-order valence-electron chi connectivity index (χ0n) is 37.3. The van der Waals surface area contributed by atoms with Gasteiger partial charge in [0.1, 0.15) is 11.6 Å². The van der Waals surface area contributed by atoms with Crippen LogP contribution in [0, 0.1) is 41.4 Å². The lowest BCUT2D eigenvalue weighted by atomic mass is 9.86. The molecule has 6 N–H and O–H groups in total. The molecule has 0 saturated heterocycles. The van der Waals surface area contributed by atoms with Crippen LogP contribution in [0.5, 0.6) is 0 Å². The number of unbranched alkanes of at least 4 members (excludes halogenated alkanes) is 1. The molecule has 8 atom stereocenters. The fourth-order valence-electron chi connectivity index (χ4n) is 6.87. The maximum Gasteiger partial charge on any atom is 0.226 e. The summed E-state index contributed by atoms with van der Waals surface area (Å²) in [4.78, 5) is 121. The van der Waals surface area contributed by atoms with Crippen LogP contribution in [0.3, 0.4) is 0 Å². The lowest BCUT2D eigenvalue weighted by molar-refractivity contribution is -0.138. The molecular weight excluding hydrogens is 795 g/mol. The van der Waals surface area contributed by atoms with Gasteiger partial charge in [-0.15, -0.1) is 0 Å². The van der Waals surface area contributed by atoms with Gasteiger partial charge in [0.05, 0.1) is 36.1 Å². The van der Waals surface area contributed by atoms with Crippen molar-refractivity contribution in [2.24, 2.45) is 52.3 Å². The Balaban J connectivity index is 6.26. The normalized spacial score (nSPS) is 15.4. The summed E-state index contributed by atoms with van der Waals surface area (Å²) in [5.74, 6) is -9.06. The van der Waals surface area contributed by atoms with E-state index in [2.05, 4.69) is 26.0 Å². The van der Waals surface area contributed by atoms with Gasteiger partial charge in [0, 0.05) is 55.4 Å². The fraction of sp³-hybridized carbons (Fsp3) is 0.786. The molecule has 0 radical (unpaired) electrons. The second-order valence-electron chi connectivity index (χ2n) is 17.0. The molecule has 0 aliphatic rings. The van der Waals surface area contributed by atoms with E-state index in [0.29, 0.717) is 25.0 Å². The molecule has 60 heavy (non-hydrogen) atoms. The summed E-state index contributed by atoms with van der Waals surface area (Å²) < 4.78 is 0. The quantitative estimate of drug-likeness (QED) is 0.0270. The number of nitrogens with two attached hydrogens (primary N) is 1. The standard InChI is InChI=1S/C42H71N7O10S/c1-23(2)17-33(34(53)19-29(27(8)51)13-11-12-15-45-49-44)46-41(58)31(22-37(43)56)21-36(55)38(24(3)4)47-40(57)30(14-16-60-10)20-35(54)39(25(5)6)48-42(59)32(28(9)52)18-26(7)50/h23-25,28-33,38-39,52H,11-22H2,1-10H3,(H2,43,56)(H,46,58)(H,47,57)(H,48,59)/t28?,29-,30-,31+,32+,33+,38+,39+/m1/s1. The number of hydrogen-bond donors (Lipinski definition) is 5. The van der Waals surface area contributed by atoms with E-state index in [1.54, 1.807) is 27.7 Å². The zero-order chi connectivity index (χ0) is 46.3. The summed E-state index contributed by atoms with van der Waals surface area (Å²) in [5, 5.41) is 21.8. The third-order valence-electron chi connectivity index (χ3n) is 10.4. The van der Waals surface area contributed by atoms with Crippen molar-refractivity contribution in [2.75, 3.05) is 18.6 Å². The molecule has 0 fully saturated rings. The molecule has 4 amide bonds. The molecule has 0 aliphatic heterocycles. The number of thioether (sulfide) groups is 1. The minimum absolute atomic E-state index is 0.0541. The van der Waals surface area contributed by atoms with Gasteiger partial charge in [0.25, 0.3) is 0 Å². The molecule has 340 valence electrons. The first-order valence-electron chi connectivity index (χ1n) is 20.9. The van der Waals surface area contributed by atoms with Crippen molar-refractivity contribution >= 4 is 64.3 Å². The second kappa shape index (κ2) is 29.2. The van der Waals surface area contributed by atoms with Gasteiger partial charge in [-0.3, -0.25) is 38.4 Å². The molecule has 0 heterocycles. The van der Waals surface area contributed by atoms with Crippen LogP contribution in [0.25, 0.3) is 10.4 Å². The van der Waals surface area contributed by atoms with Gasteiger partial charge in [0.15, 0.2) is 17.3 Å². The van der Waals surface area contributed by atoms with Crippen molar-refractivity contribution < 1.29 is 48.3 Å². The van der Waals surface area contributed by atoms with E-state index in [4.69, 9.17) is 11.3 Å². The number of primary amides is 1. The number of hydrogen-bond acceptors (Lipinski definition) is 12. The molecule has 18 heteroatoms. The Morgan fingerprint density at radius 3 is 1.65 bits per heavy atom. The number of carbonyl (C=O) groups is 9. The number of aliphatic hydroxyl groups excluding tert-OH is 1. The SMILES string of the molecule is CSCC[C@H](CC(=O)[C@@H](NC(=O)[C@@H](CC(C)=O)C(C)O)C(C)C)C(=O)N[C@H](C(=O)C[C@@H](CC(N)=O)C(=O)N[C@@H](CC(C)C)C(=O)C[C@@H](CCCCN=[N+]=[N-])C(C)=O)C(C)C. The third-order valence-corrected chi connectivity index (χ3v) is 11.0. The number of nitrogens with one attached hydrogen (secondary N) is 3. The fourth-order valence-corrected chi connectivity index (χ4v) is 7.39. The number of carbonyl (C=O) groups excluding carboxylic acids is 9. The van der Waals surface area contributed by atoms with Crippen LogP contribution < -0.4 is 21.7 Å². The van der Waals surface area contributed by atoms with E-state index in [0.717, 1.165) is 0 Å². The van der Waals surface area contributed by atoms with Crippen LogP contribution in [-0.2, 0) is 43.2 Å². The second-order valence-corrected chi connectivity index (χ2v) is 18.0. The van der Waals surface area contributed by atoms with Crippen LogP contribution in [0.2, 0.25) is 0 Å². The number of aliphatic hydroxyl groups is 1. The van der Waals surface area contributed by atoms with Gasteiger partial charge in [-0.1, -0.05) is 53.1 Å².